The molecular formula is C34H44N2O7. The number of Topliss-reactive ketones (excluding diaryl/α,β-unsaturated/α-hetero) is 1. The number of morpholine rings is 1. The Morgan fingerprint density at radius 3 is 2.58 bits per heavy atom. The van der Waals surface area contributed by atoms with Gasteiger partial charge >= 0.3 is 0 Å². The standard InChI is InChI=1S/C34H44N2O7/c1-5-41-29-21-24(7-10-28(29)42-16-11-22(2)3)31-30(32(37)25-8-9-27-26(20-25)19-23(4)43-27)33(38)34(39)36(31)13-6-12-35-14-17-40-18-15-35/h7-10,20-23,31,37H,5-6,11-19H2,1-4H3/b32-30+/t23-,31+/m0/s1. The third kappa shape index (κ3) is 6.99. The minimum absolute atomic E-state index is 0.0442. The second-order valence-electron chi connectivity index (χ2n) is 11.9. The Bertz CT molecular complexity index is 1350. The van der Waals surface area contributed by atoms with E-state index in [9.17, 15) is 14.7 Å². The lowest BCUT2D eigenvalue weighted by Crippen LogP contribution is -2.39. The number of aliphatic hydroxyl groups excluding tert-OH is 1. The highest BCUT2D eigenvalue weighted by Gasteiger charge is 2.46. The Balaban J connectivity index is 1.50. The number of fused-ring (bicyclic) bond motifs is 1. The highest BCUT2D eigenvalue weighted by atomic mass is 16.5. The van der Waals surface area contributed by atoms with Gasteiger partial charge in [-0.2, -0.15) is 0 Å². The maximum Gasteiger partial charge on any atom is 0.295 e. The summed E-state index contributed by atoms with van der Waals surface area (Å²) in [5, 5.41) is 11.6. The van der Waals surface area contributed by atoms with Crippen molar-refractivity contribution >= 4 is 17.4 Å². The molecule has 1 amide bonds. The molecule has 2 saturated heterocycles. The lowest BCUT2D eigenvalue weighted by atomic mass is 9.94. The average molecular weight is 593 g/mol. The van der Waals surface area contributed by atoms with Crippen molar-refractivity contribution in [2.45, 2.75) is 59.1 Å². The molecule has 9 heteroatoms. The zero-order valence-corrected chi connectivity index (χ0v) is 25.8. The van der Waals surface area contributed by atoms with Crippen molar-refractivity contribution in [2.24, 2.45) is 5.92 Å². The van der Waals surface area contributed by atoms with Gasteiger partial charge in [0.2, 0.25) is 0 Å². The molecule has 5 rings (SSSR count). The predicted molar refractivity (Wildman–Crippen MR) is 164 cm³/mol. The fourth-order valence-electron chi connectivity index (χ4n) is 5.96. The Labute approximate surface area is 254 Å². The fourth-order valence-corrected chi connectivity index (χ4v) is 5.96. The van der Waals surface area contributed by atoms with E-state index in [0.29, 0.717) is 74.4 Å². The molecule has 3 heterocycles. The van der Waals surface area contributed by atoms with Crippen LogP contribution in [0.4, 0.5) is 0 Å². The molecule has 0 spiro atoms. The molecule has 0 radical (unpaired) electrons. The highest BCUT2D eigenvalue weighted by Crippen LogP contribution is 2.43. The van der Waals surface area contributed by atoms with Gasteiger partial charge in [-0.15, -0.1) is 0 Å². The third-order valence-corrected chi connectivity index (χ3v) is 8.22. The van der Waals surface area contributed by atoms with Gasteiger partial charge in [-0.3, -0.25) is 14.5 Å². The van der Waals surface area contributed by atoms with E-state index in [1.54, 1.807) is 11.0 Å². The molecule has 3 aliphatic rings. The predicted octanol–water partition coefficient (Wildman–Crippen LogP) is 4.98. The summed E-state index contributed by atoms with van der Waals surface area (Å²) in [7, 11) is 0. The van der Waals surface area contributed by atoms with Crippen LogP contribution >= 0.6 is 0 Å². The van der Waals surface area contributed by atoms with Crippen LogP contribution in [0.5, 0.6) is 17.2 Å². The molecule has 2 fully saturated rings. The molecule has 0 bridgehead atoms. The van der Waals surface area contributed by atoms with Crippen LogP contribution in [0.25, 0.3) is 5.76 Å². The van der Waals surface area contributed by atoms with Crippen LogP contribution in [-0.2, 0) is 20.7 Å². The molecule has 1 N–H and O–H groups in total. The second-order valence-corrected chi connectivity index (χ2v) is 11.9. The zero-order chi connectivity index (χ0) is 30.5. The van der Waals surface area contributed by atoms with Crippen LogP contribution in [0.2, 0.25) is 0 Å². The van der Waals surface area contributed by atoms with Gasteiger partial charge in [-0.25, -0.2) is 0 Å². The molecule has 2 aromatic rings. The first kappa shape index (κ1) is 30.9. The molecule has 0 saturated carbocycles. The highest BCUT2D eigenvalue weighted by molar-refractivity contribution is 6.46. The zero-order valence-electron chi connectivity index (χ0n) is 25.8. The maximum atomic E-state index is 13.6. The normalized spacial score (nSPS) is 21.7. The third-order valence-electron chi connectivity index (χ3n) is 8.22. The smallest absolute Gasteiger partial charge is 0.295 e. The van der Waals surface area contributed by atoms with Crippen LogP contribution in [0, 0.1) is 5.92 Å². The van der Waals surface area contributed by atoms with E-state index in [1.807, 2.05) is 44.2 Å². The number of carbonyl (C=O) groups is 2. The van der Waals surface area contributed by atoms with E-state index in [-0.39, 0.29) is 17.4 Å². The second kappa shape index (κ2) is 13.8. The minimum Gasteiger partial charge on any atom is -0.507 e. The Morgan fingerprint density at radius 1 is 1.05 bits per heavy atom. The maximum absolute atomic E-state index is 13.6. The first-order valence-electron chi connectivity index (χ1n) is 15.5. The van der Waals surface area contributed by atoms with Gasteiger partial charge in [0, 0.05) is 38.2 Å². The lowest BCUT2D eigenvalue weighted by Gasteiger charge is -2.29. The molecule has 0 aromatic heterocycles. The topological polar surface area (TPSA) is 97.8 Å². The van der Waals surface area contributed by atoms with Crippen molar-refractivity contribution in [1.29, 1.82) is 0 Å². The van der Waals surface area contributed by atoms with Gasteiger partial charge in [-0.1, -0.05) is 19.9 Å². The average Bonchev–Trinajstić information content (AvgIpc) is 3.49. The number of ether oxygens (including phenoxy) is 4. The van der Waals surface area contributed by atoms with Crippen molar-refractivity contribution in [3.05, 3.63) is 58.7 Å². The van der Waals surface area contributed by atoms with E-state index in [4.69, 9.17) is 18.9 Å². The molecule has 0 unspecified atom stereocenters. The number of ketones is 1. The number of benzene rings is 2. The summed E-state index contributed by atoms with van der Waals surface area (Å²) in [4.78, 5) is 31.1. The Morgan fingerprint density at radius 2 is 1.84 bits per heavy atom. The number of amides is 1. The van der Waals surface area contributed by atoms with Crippen molar-refractivity contribution < 1.29 is 33.6 Å². The van der Waals surface area contributed by atoms with Crippen LogP contribution in [0.1, 0.15) is 63.3 Å². The molecule has 2 aromatic carbocycles. The van der Waals surface area contributed by atoms with Crippen LogP contribution in [0.15, 0.2) is 42.0 Å². The van der Waals surface area contributed by atoms with Gasteiger partial charge in [0.15, 0.2) is 11.5 Å². The van der Waals surface area contributed by atoms with E-state index in [2.05, 4.69) is 18.7 Å². The van der Waals surface area contributed by atoms with E-state index in [0.717, 1.165) is 37.4 Å². The number of hydrogen-bond donors (Lipinski definition) is 1. The molecular weight excluding hydrogens is 548 g/mol. The molecule has 3 aliphatic heterocycles. The van der Waals surface area contributed by atoms with Crippen LogP contribution in [0.3, 0.4) is 0 Å². The minimum atomic E-state index is -0.767. The summed E-state index contributed by atoms with van der Waals surface area (Å²) in [5.74, 6) is 0.960. The first-order valence-corrected chi connectivity index (χ1v) is 15.5. The van der Waals surface area contributed by atoms with Crippen molar-refractivity contribution in [2.75, 3.05) is 52.6 Å². The number of hydrogen-bond acceptors (Lipinski definition) is 8. The molecule has 43 heavy (non-hydrogen) atoms. The van der Waals surface area contributed by atoms with Gasteiger partial charge < -0.3 is 29.0 Å². The summed E-state index contributed by atoms with van der Waals surface area (Å²) in [5.41, 5.74) is 2.23. The largest absolute Gasteiger partial charge is 0.507 e. The summed E-state index contributed by atoms with van der Waals surface area (Å²) < 4.78 is 23.3. The number of carbonyl (C=O) groups excluding carboxylic acids is 2. The van der Waals surface area contributed by atoms with E-state index >= 15 is 0 Å². The van der Waals surface area contributed by atoms with E-state index < -0.39 is 17.7 Å². The fraction of sp³-hybridized carbons (Fsp3) is 0.529. The van der Waals surface area contributed by atoms with Crippen molar-refractivity contribution in [1.82, 2.24) is 9.80 Å². The number of rotatable bonds is 12. The molecule has 0 aliphatic carbocycles. The summed E-state index contributed by atoms with van der Waals surface area (Å²) >= 11 is 0. The summed E-state index contributed by atoms with van der Waals surface area (Å²) in [6, 6.07) is 10.2. The molecule has 2 atom stereocenters. The van der Waals surface area contributed by atoms with Gasteiger partial charge in [0.05, 0.1) is 38.0 Å². The summed E-state index contributed by atoms with van der Waals surface area (Å²) in [6.45, 7) is 13.4. The quantitative estimate of drug-likeness (QED) is 0.210. The number of aliphatic hydroxyl groups is 1. The van der Waals surface area contributed by atoms with E-state index in [1.165, 1.54) is 0 Å². The number of likely N-dealkylation sites (tertiary alicyclic amines) is 1. The van der Waals surface area contributed by atoms with Crippen molar-refractivity contribution in [3.8, 4) is 17.2 Å². The Hall–Kier alpha value is -3.56. The van der Waals surface area contributed by atoms with Crippen LogP contribution in [-0.4, -0.2) is 85.3 Å². The molecule has 9 nitrogen and oxygen atoms in total. The number of nitrogens with zero attached hydrogens (tertiary/aromatic N) is 2. The van der Waals surface area contributed by atoms with Gasteiger partial charge in [-0.05, 0) is 74.1 Å². The van der Waals surface area contributed by atoms with Crippen molar-refractivity contribution in [3.63, 3.8) is 0 Å². The van der Waals surface area contributed by atoms with Crippen LogP contribution < -0.4 is 14.2 Å². The monoisotopic (exact) mass is 592 g/mol. The SMILES string of the molecule is CCOc1cc([C@@H]2/C(=C(\O)c3ccc4c(c3)C[C@H](C)O4)C(=O)C(=O)N2CCCN2CCOCC2)ccc1OCCC(C)C. The Kier molecular flexibility index (Phi) is 9.93. The summed E-state index contributed by atoms with van der Waals surface area (Å²) in [6.07, 6.45) is 2.35. The van der Waals surface area contributed by atoms with Gasteiger partial charge in [0.1, 0.15) is 17.6 Å². The first-order chi connectivity index (χ1) is 20.8. The lowest BCUT2D eigenvalue weighted by molar-refractivity contribution is -0.140. The van der Waals surface area contributed by atoms with Gasteiger partial charge in [0.25, 0.3) is 11.7 Å². The molecule has 232 valence electrons.